The SMILES string of the molecule is CN(C)C(SCc1ccc2sc(N=Nc3nc4cc(CSC(N(C)C)=[N+](C)C)ccc4s3)nc2c1)=[N+](C)C. The number of amidine groups is 2. The molecule has 0 amide bonds. The Morgan fingerprint density at radius 1 is 0.711 bits per heavy atom. The fourth-order valence-electron chi connectivity index (χ4n) is 3.88. The molecule has 38 heavy (non-hydrogen) atoms. The third-order valence-electron chi connectivity index (χ3n) is 5.37. The van der Waals surface area contributed by atoms with Crippen LogP contribution in [0, 0.1) is 0 Å². The Kier molecular flexibility index (Phi) is 9.40. The normalized spacial score (nSPS) is 11.5. The molecule has 2 aromatic carbocycles. The van der Waals surface area contributed by atoms with Gasteiger partial charge in [0.25, 0.3) is 0 Å². The number of hydrogen-bond acceptors (Lipinski definition) is 8. The summed E-state index contributed by atoms with van der Waals surface area (Å²) in [6.45, 7) is 0. The maximum absolute atomic E-state index is 4.71. The fourth-order valence-corrected chi connectivity index (χ4v) is 7.40. The zero-order chi connectivity index (χ0) is 27.4. The fraction of sp³-hybridized carbons (Fsp3) is 0.385. The molecule has 0 radical (unpaired) electrons. The Hall–Kier alpha value is -2.54. The summed E-state index contributed by atoms with van der Waals surface area (Å²) >= 11 is 6.72. The first kappa shape index (κ1) is 28.5. The third-order valence-corrected chi connectivity index (χ3v) is 10.1. The zero-order valence-corrected chi connectivity index (χ0v) is 26.4. The first-order valence-corrected chi connectivity index (χ1v) is 15.6. The molecule has 0 aliphatic heterocycles. The molecular weight excluding hydrogens is 553 g/mol. The molecule has 0 unspecified atom stereocenters. The number of aromatic nitrogens is 2. The molecule has 0 aliphatic rings. The second-order valence-corrected chi connectivity index (χ2v) is 13.4. The Morgan fingerprint density at radius 3 is 1.45 bits per heavy atom. The minimum absolute atomic E-state index is 0.644. The Labute approximate surface area is 240 Å². The van der Waals surface area contributed by atoms with Crippen LogP contribution < -0.4 is 0 Å². The lowest BCUT2D eigenvalue weighted by Gasteiger charge is -2.10. The van der Waals surface area contributed by atoms with Gasteiger partial charge in [-0.3, -0.25) is 19.0 Å². The molecule has 0 spiro atoms. The molecule has 2 heterocycles. The van der Waals surface area contributed by atoms with E-state index in [1.807, 2.05) is 23.5 Å². The maximum Gasteiger partial charge on any atom is 0.307 e. The van der Waals surface area contributed by atoms with Crippen LogP contribution in [0.15, 0.2) is 46.6 Å². The molecule has 0 N–H and O–H groups in total. The maximum atomic E-state index is 4.71. The monoisotopic (exact) mass is 586 g/mol. The van der Waals surface area contributed by atoms with Crippen LogP contribution in [0.5, 0.6) is 0 Å². The van der Waals surface area contributed by atoms with Crippen LogP contribution in [-0.4, -0.2) is 95.6 Å². The minimum atomic E-state index is 0.644. The van der Waals surface area contributed by atoms with Gasteiger partial charge in [-0.2, -0.15) is 0 Å². The highest BCUT2D eigenvalue weighted by atomic mass is 32.2. The zero-order valence-electron chi connectivity index (χ0n) is 23.1. The van der Waals surface area contributed by atoms with Gasteiger partial charge >= 0.3 is 10.3 Å². The van der Waals surface area contributed by atoms with Gasteiger partial charge in [-0.1, -0.05) is 34.8 Å². The van der Waals surface area contributed by atoms with Crippen LogP contribution >= 0.6 is 46.2 Å². The van der Waals surface area contributed by atoms with Crippen molar-refractivity contribution >= 4 is 87.2 Å². The molecule has 4 rings (SSSR count). The molecule has 8 nitrogen and oxygen atoms in total. The van der Waals surface area contributed by atoms with Crippen LogP contribution in [0.25, 0.3) is 20.4 Å². The van der Waals surface area contributed by atoms with Crippen molar-refractivity contribution in [3.05, 3.63) is 47.5 Å². The summed E-state index contributed by atoms with van der Waals surface area (Å²) in [5.41, 5.74) is 4.38. The van der Waals surface area contributed by atoms with E-state index in [0.717, 1.165) is 31.9 Å². The molecule has 12 heteroatoms. The van der Waals surface area contributed by atoms with Gasteiger partial charge in [0.05, 0.1) is 76.8 Å². The van der Waals surface area contributed by atoms with Crippen molar-refractivity contribution in [2.75, 3.05) is 56.4 Å². The number of thioether (sulfide) groups is 2. The number of benzene rings is 2. The van der Waals surface area contributed by atoms with Crippen molar-refractivity contribution in [3.63, 3.8) is 0 Å². The Balaban J connectivity index is 1.45. The summed E-state index contributed by atoms with van der Waals surface area (Å²) in [4.78, 5) is 13.7. The van der Waals surface area contributed by atoms with Gasteiger partial charge in [0.1, 0.15) is 0 Å². The number of nitrogens with zero attached hydrogens (tertiary/aromatic N) is 8. The second kappa shape index (κ2) is 12.5. The average Bonchev–Trinajstić information content (AvgIpc) is 3.44. The van der Waals surface area contributed by atoms with Crippen molar-refractivity contribution in [1.29, 1.82) is 0 Å². The third kappa shape index (κ3) is 7.10. The molecule has 4 aromatic rings. The summed E-state index contributed by atoms with van der Waals surface area (Å²) < 4.78 is 6.49. The molecule has 0 bridgehead atoms. The van der Waals surface area contributed by atoms with Crippen LogP contribution in [0.1, 0.15) is 11.1 Å². The van der Waals surface area contributed by atoms with Crippen molar-refractivity contribution in [2.24, 2.45) is 10.2 Å². The van der Waals surface area contributed by atoms with E-state index in [4.69, 9.17) is 9.97 Å². The smallest absolute Gasteiger partial charge is 0.262 e. The van der Waals surface area contributed by atoms with Gasteiger partial charge in [0.2, 0.25) is 10.3 Å². The summed E-state index contributed by atoms with van der Waals surface area (Å²) in [7, 11) is 16.5. The first-order valence-electron chi connectivity index (χ1n) is 12.0. The Bertz CT molecular complexity index is 1410. The summed E-state index contributed by atoms with van der Waals surface area (Å²) in [6.07, 6.45) is 0. The highest BCUT2D eigenvalue weighted by Gasteiger charge is 2.15. The van der Waals surface area contributed by atoms with E-state index < -0.39 is 0 Å². The average molecular weight is 587 g/mol. The molecule has 200 valence electrons. The van der Waals surface area contributed by atoms with E-state index in [1.54, 1.807) is 22.7 Å². The predicted molar refractivity (Wildman–Crippen MR) is 168 cm³/mol. The van der Waals surface area contributed by atoms with Gasteiger partial charge in [0.15, 0.2) is 0 Å². The van der Waals surface area contributed by atoms with E-state index in [9.17, 15) is 0 Å². The van der Waals surface area contributed by atoms with Crippen molar-refractivity contribution in [2.45, 2.75) is 11.5 Å². The van der Waals surface area contributed by atoms with E-state index in [2.05, 4.69) is 122 Å². The van der Waals surface area contributed by atoms with E-state index in [-0.39, 0.29) is 0 Å². The number of fused-ring (bicyclic) bond motifs is 2. The van der Waals surface area contributed by atoms with Crippen LogP contribution in [0.2, 0.25) is 0 Å². The highest BCUT2D eigenvalue weighted by Crippen LogP contribution is 2.33. The molecule has 0 aliphatic carbocycles. The number of hydrogen-bond donors (Lipinski definition) is 0. The lowest BCUT2D eigenvalue weighted by Crippen LogP contribution is -2.26. The second-order valence-electron chi connectivity index (χ2n) is 9.52. The molecule has 0 atom stereocenters. The largest absolute Gasteiger partial charge is 0.307 e. The molecule has 0 saturated heterocycles. The minimum Gasteiger partial charge on any atom is -0.262 e. The standard InChI is InChI=1S/C26H34N8S4/c1-31(2)25(32(3)4)35-15-17-9-11-21-19(13-17)27-23(37-21)29-30-24-28-20-14-18(10-12-22(20)38-24)16-36-26(33(5)6)34(7)8/h9-14H,15-16H2,1-8H3/q+2. The summed E-state index contributed by atoms with van der Waals surface area (Å²) in [5.74, 6) is 1.76. The predicted octanol–water partition coefficient (Wildman–Crippen LogP) is 6.17. The first-order chi connectivity index (χ1) is 18.1. The number of rotatable bonds is 6. The summed E-state index contributed by atoms with van der Waals surface area (Å²) in [5, 5.41) is 12.6. The number of thiazole rings is 2. The van der Waals surface area contributed by atoms with Crippen LogP contribution in [-0.2, 0) is 11.5 Å². The van der Waals surface area contributed by atoms with Crippen LogP contribution in [0.3, 0.4) is 0 Å². The van der Waals surface area contributed by atoms with Crippen molar-refractivity contribution < 1.29 is 9.15 Å². The van der Waals surface area contributed by atoms with Gasteiger partial charge in [-0.25, -0.2) is 9.97 Å². The quantitative estimate of drug-likeness (QED) is 0.117. The Morgan fingerprint density at radius 2 is 1.11 bits per heavy atom. The van der Waals surface area contributed by atoms with Gasteiger partial charge < -0.3 is 0 Å². The molecular formula is C26H34N8S4+2. The van der Waals surface area contributed by atoms with Gasteiger partial charge in [-0.05, 0) is 58.9 Å². The van der Waals surface area contributed by atoms with E-state index in [0.29, 0.717) is 10.3 Å². The van der Waals surface area contributed by atoms with Crippen LogP contribution in [0.4, 0.5) is 10.3 Å². The molecule has 2 aromatic heterocycles. The lowest BCUT2D eigenvalue weighted by atomic mass is 10.2. The summed E-state index contributed by atoms with van der Waals surface area (Å²) in [6, 6.07) is 12.9. The van der Waals surface area contributed by atoms with E-state index in [1.165, 1.54) is 21.5 Å². The van der Waals surface area contributed by atoms with Crippen molar-refractivity contribution in [3.8, 4) is 0 Å². The number of azo groups is 1. The van der Waals surface area contributed by atoms with E-state index >= 15 is 0 Å². The molecule has 0 fully saturated rings. The highest BCUT2D eigenvalue weighted by molar-refractivity contribution is 8.13. The molecule has 0 saturated carbocycles. The van der Waals surface area contributed by atoms with Gasteiger partial charge in [-0.15, -0.1) is 10.2 Å². The van der Waals surface area contributed by atoms with Crippen molar-refractivity contribution in [1.82, 2.24) is 19.8 Å². The lowest BCUT2D eigenvalue weighted by molar-refractivity contribution is -0.466. The van der Waals surface area contributed by atoms with Gasteiger partial charge in [0, 0.05) is 11.5 Å². The topological polar surface area (TPSA) is 63.0 Å².